The molecule has 20 heavy (non-hydrogen) atoms. The number of methoxy groups -OCH3 is 1. The van der Waals surface area contributed by atoms with Gasteiger partial charge in [0.1, 0.15) is 17.9 Å². The van der Waals surface area contributed by atoms with Gasteiger partial charge in [0, 0.05) is 19.3 Å². The van der Waals surface area contributed by atoms with Crippen molar-refractivity contribution in [3.63, 3.8) is 0 Å². The predicted molar refractivity (Wildman–Crippen MR) is 82.9 cm³/mol. The molecule has 0 atom stereocenters. The summed E-state index contributed by atoms with van der Waals surface area (Å²) in [5, 5.41) is 0. The molecular weight excluding hydrogens is 318 g/mol. The van der Waals surface area contributed by atoms with Crippen LogP contribution in [0.5, 0.6) is 5.75 Å². The van der Waals surface area contributed by atoms with Crippen LogP contribution in [-0.4, -0.2) is 30.2 Å². The van der Waals surface area contributed by atoms with E-state index in [9.17, 15) is 0 Å². The fourth-order valence-electron chi connectivity index (χ4n) is 2.29. The first-order valence-corrected chi connectivity index (χ1v) is 7.11. The van der Waals surface area contributed by atoms with Crippen LogP contribution in [0.4, 0.5) is 5.82 Å². The van der Waals surface area contributed by atoms with Gasteiger partial charge in [0.05, 0.1) is 11.6 Å². The molecule has 3 rings (SSSR count). The van der Waals surface area contributed by atoms with E-state index in [0.29, 0.717) is 0 Å². The lowest BCUT2D eigenvalue weighted by atomic mass is 10.1. The third-order valence-corrected chi connectivity index (χ3v) is 3.87. The van der Waals surface area contributed by atoms with Crippen molar-refractivity contribution in [2.45, 2.75) is 0 Å². The number of hydrogen-bond donors (Lipinski definition) is 0. The molecule has 0 fully saturated rings. The third-order valence-electron chi connectivity index (χ3n) is 3.31. The Morgan fingerprint density at radius 1 is 1.35 bits per heavy atom. The molecule has 0 aliphatic carbocycles. The van der Waals surface area contributed by atoms with Crippen molar-refractivity contribution in [1.29, 1.82) is 0 Å². The molecular formula is C15H14BrN3O. The van der Waals surface area contributed by atoms with Crippen LogP contribution in [0.25, 0.3) is 5.57 Å². The van der Waals surface area contributed by atoms with E-state index in [2.05, 4.69) is 49.0 Å². The van der Waals surface area contributed by atoms with E-state index in [0.717, 1.165) is 29.1 Å². The fraction of sp³-hybridized carbons (Fsp3) is 0.200. The zero-order valence-corrected chi connectivity index (χ0v) is 12.7. The lowest BCUT2D eigenvalue weighted by Crippen LogP contribution is -2.21. The molecule has 0 saturated carbocycles. The zero-order valence-electron chi connectivity index (χ0n) is 11.1. The van der Waals surface area contributed by atoms with Crippen LogP contribution < -0.4 is 9.64 Å². The summed E-state index contributed by atoms with van der Waals surface area (Å²) in [5.41, 5.74) is 2.48. The maximum atomic E-state index is 5.28. The minimum Gasteiger partial charge on any atom is -0.497 e. The highest BCUT2D eigenvalue weighted by molar-refractivity contribution is 9.10. The quantitative estimate of drug-likeness (QED) is 0.865. The van der Waals surface area contributed by atoms with Gasteiger partial charge >= 0.3 is 0 Å². The van der Waals surface area contributed by atoms with Gasteiger partial charge in [-0.25, -0.2) is 9.97 Å². The molecule has 0 saturated heterocycles. The van der Waals surface area contributed by atoms with Crippen LogP contribution in [0.2, 0.25) is 0 Å². The van der Waals surface area contributed by atoms with Gasteiger partial charge in [-0.05, 0) is 39.2 Å². The second kappa shape index (κ2) is 5.63. The van der Waals surface area contributed by atoms with Crippen molar-refractivity contribution in [2.75, 3.05) is 25.1 Å². The minimum absolute atomic E-state index is 0.836. The molecule has 1 aliphatic rings. The summed E-state index contributed by atoms with van der Waals surface area (Å²) in [6.07, 6.45) is 5.57. The van der Waals surface area contributed by atoms with Crippen molar-refractivity contribution < 1.29 is 4.74 Å². The Kier molecular flexibility index (Phi) is 3.69. The second-order valence-corrected chi connectivity index (χ2v) is 5.39. The summed E-state index contributed by atoms with van der Waals surface area (Å²) >= 11 is 3.50. The van der Waals surface area contributed by atoms with Crippen molar-refractivity contribution >= 4 is 27.3 Å². The molecule has 1 aliphatic heterocycles. The first kappa shape index (κ1) is 13.1. The summed E-state index contributed by atoms with van der Waals surface area (Å²) in [4.78, 5) is 10.5. The average molecular weight is 332 g/mol. The molecule has 4 nitrogen and oxygen atoms in total. The summed E-state index contributed by atoms with van der Waals surface area (Å²) in [6, 6.07) is 8.13. The van der Waals surface area contributed by atoms with Gasteiger partial charge in [-0.3, -0.25) is 0 Å². The number of benzene rings is 1. The van der Waals surface area contributed by atoms with E-state index in [1.54, 1.807) is 19.6 Å². The number of ether oxygens (including phenoxy) is 1. The van der Waals surface area contributed by atoms with Gasteiger partial charge in [0.2, 0.25) is 0 Å². The van der Waals surface area contributed by atoms with E-state index in [1.807, 2.05) is 12.1 Å². The monoisotopic (exact) mass is 331 g/mol. The Hall–Kier alpha value is -1.88. The van der Waals surface area contributed by atoms with Gasteiger partial charge in [-0.1, -0.05) is 18.2 Å². The summed E-state index contributed by atoms with van der Waals surface area (Å²) in [7, 11) is 1.69. The highest BCUT2D eigenvalue weighted by Gasteiger charge is 2.19. The minimum atomic E-state index is 0.836. The Labute approximate surface area is 126 Å². The van der Waals surface area contributed by atoms with Crippen LogP contribution in [-0.2, 0) is 0 Å². The molecule has 2 aromatic rings. The standard InChI is InChI=1S/C15H14BrN3O/c1-20-13-4-2-3-11(7-13)12-5-6-19(9-12)15-14(16)8-17-10-18-15/h2-5,7-8,10H,6,9H2,1H3. The number of nitrogens with zero attached hydrogens (tertiary/aromatic N) is 3. The fourth-order valence-corrected chi connectivity index (χ4v) is 2.76. The maximum Gasteiger partial charge on any atom is 0.146 e. The average Bonchev–Trinajstić information content (AvgIpc) is 2.97. The Morgan fingerprint density at radius 3 is 3.05 bits per heavy atom. The Balaban J connectivity index is 1.81. The second-order valence-electron chi connectivity index (χ2n) is 4.54. The smallest absolute Gasteiger partial charge is 0.146 e. The van der Waals surface area contributed by atoms with Gasteiger partial charge in [0.25, 0.3) is 0 Å². The molecule has 0 unspecified atom stereocenters. The van der Waals surface area contributed by atoms with Gasteiger partial charge in [-0.2, -0.15) is 0 Å². The van der Waals surface area contributed by atoms with Crippen LogP contribution >= 0.6 is 15.9 Å². The molecule has 5 heteroatoms. The first-order valence-electron chi connectivity index (χ1n) is 6.32. The molecule has 2 heterocycles. The Bertz CT molecular complexity index is 657. The van der Waals surface area contributed by atoms with Crippen LogP contribution in [0.1, 0.15) is 5.56 Å². The number of aromatic nitrogens is 2. The van der Waals surface area contributed by atoms with Crippen LogP contribution in [0, 0.1) is 0 Å². The van der Waals surface area contributed by atoms with Gasteiger partial charge in [0.15, 0.2) is 0 Å². The molecule has 0 spiro atoms. The predicted octanol–water partition coefficient (Wildman–Crippen LogP) is 3.15. The maximum absolute atomic E-state index is 5.28. The molecule has 1 aromatic carbocycles. The normalized spacial score (nSPS) is 14.3. The van der Waals surface area contributed by atoms with Gasteiger partial charge < -0.3 is 9.64 Å². The van der Waals surface area contributed by atoms with E-state index < -0.39 is 0 Å². The van der Waals surface area contributed by atoms with E-state index in [-0.39, 0.29) is 0 Å². The lowest BCUT2D eigenvalue weighted by Gasteiger charge is -2.18. The van der Waals surface area contributed by atoms with Crippen molar-refractivity contribution in [2.24, 2.45) is 0 Å². The van der Waals surface area contributed by atoms with E-state index in [1.165, 1.54) is 11.1 Å². The van der Waals surface area contributed by atoms with Crippen LogP contribution in [0.3, 0.4) is 0 Å². The molecule has 1 aromatic heterocycles. The van der Waals surface area contributed by atoms with E-state index >= 15 is 0 Å². The highest BCUT2D eigenvalue weighted by Crippen LogP contribution is 2.29. The third kappa shape index (κ3) is 2.54. The number of hydrogen-bond acceptors (Lipinski definition) is 4. The molecule has 0 N–H and O–H groups in total. The summed E-state index contributed by atoms with van der Waals surface area (Å²) in [5.74, 6) is 1.80. The summed E-state index contributed by atoms with van der Waals surface area (Å²) in [6.45, 7) is 1.69. The topological polar surface area (TPSA) is 38.2 Å². The number of anilines is 1. The van der Waals surface area contributed by atoms with Gasteiger partial charge in [-0.15, -0.1) is 0 Å². The molecule has 102 valence electrons. The highest BCUT2D eigenvalue weighted by atomic mass is 79.9. The van der Waals surface area contributed by atoms with Crippen molar-refractivity contribution in [3.8, 4) is 5.75 Å². The molecule has 0 radical (unpaired) electrons. The molecule has 0 bridgehead atoms. The number of rotatable bonds is 3. The first-order chi connectivity index (χ1) is 9.78. The number of halogens is 1. The van der Waals surface area contributed by atoms with Crippen LogP contribution in [0.15, 0.2) is 47.3 Å². The Morgan fingerprint density at radius 2 is 2.25 bits per heavy atom. The van der Waals surface area contributed by atoms with Crippen molar-refractivity contribution in [3.05, 3.63) is 52.9 Å². The summed E-state index contributed by atoms with van der Waals surface area (Å²) < 4.78 is 6.19. The zero-order chi connectivity index (χ0) is 13.9. The van der Waals surface area contributed by atoms with E-state index in [4.69, 9.17) is 4.74 Å². The van der Waals surface area contributed by atoms with Crippen molar-refractivity contribution in [1.82, 2.24) is 9.97 Å². The largest absolute Gasteiger partial charge is 0.497 e. The lowest BCUT2D eigenvalue weighted by molar-refractivity contribution is 0.414. The SMILES string of the molecule is COc1cccc(C2=CCN(c3ncncc3Br)C2)c1. The molecule has 0 amide bonds.